The Morgan fingerprint density at radius 1 is 1.20 bits per heavy atom. The number of alkyl halides is 3. The third-order valence-electron chi connectivity index (χ3n) is 6.77. The van der Waals surface area contributed by atoms with Crippen molar-refractivity contribution in [3.63, 3.8) is 0 Å². The van der Waals surface area contributed by atoms with Crippen LogP contribution in [0.25, 0.3) is 11.3 Å². The Balaban J connectivity index is 1.45. The molecular weight excluding hydrogens is 572 g/mol. The first kappa shape index (κ1) is 28.5. The van der Waals surface area contributed by atoms with Gasteiger partial charge in [-0.3, -0.25) is 14.2 Å². The lowest BCUT2D eigenvalue weighted by Gasteiger charge is -2.24. The minimum absolute atomic E-state index is 0.0139. The maximum atomic E-state index is 14.4. The Hall–Kier alpha value is -3.07. The van der Waals surface area contributed by atoms with Crippen LogP contribution in [0, 0.1) is 11.7 Å². The van der Waals surface area contributed by atoms with Gasteiger partial charge in [0.15, 0.2) is 11.5 Å². The van der Waals surface area contributed by atoms with Crippen molar-refractivity contribution in [1.29, 1.82) is 0 Å². The maximum Gasteiger partial charge on any atom is 0.419 e. The van der Waals surface area contributed by atoms with Crippen molar-refractivity contribution >= 4 is 39.6 Å². The van der Waals surface area contributed by atoms with Crippen LogP contribution in [0.2, 0.25) is 0 Å². The Morgan fingerprint density at radius 3 is 2.70 bits per heavy atom. The Labute approximate surface area is 234 Å². The number of nitrogens with zero attached hydrogens (tertiary/aromatic N) is 3. The van der Waals surface area contributed by atoms with E-state index in [2.05, 4.69) is 10.3 Å². The molecule has 1 saturated heterocycles. The molecular formula is C26H26F4N4O4S2. The van der Waals surface area contributed by atoms with Crippen molar-refractivity contribution in [2.75, 3.05) is 31.8 Å². The number of ether oxygens (including phenoxy) is 2. The van der Waals surface area contributed by atoms with Gasteiger partial charge in [-0.25, -0.2) is 4.39 Å². The van der Waals surface area contributed by atoms with E-state index in [1.807, 2.05) is 17.3 Å². The molecule has 1 fully saturated rings. The second-order valence-electron chi connectivity index (χ2n) is 9.54. The van der Waals surface area contributed by atoms with Crippen LogP contribution in [0.1, 0.15) is 29.5 Å². The lowest BCUT2D eigenvalue weighted by molar-refractivity contribution is -0.153. The topological polar surface area (TPSA) is 85.2 Å². The van der Waals surface area contributed by atoms with Gasteiger partial charge < -0.3 is 19.7 Å². The average Bonchev–Trinajstić information content (AvgIpc) is 3.51. The molecule has 4 heterocycles. The van der Waals surface area contributed by atoms with Gasteiger partial charge in [0.1, 0.15) is 12.5 Å². The highest BCUT2D eigenvalue weighted by atomic mass is 32.1. The SMILES string of the molecule is CN1COCc2c(CC(=O)N=c3scc(-c4ccc(C(F)(F)F)c(F)c4)n3COC(=O)C3CCNCC3)csc21. The summed E-state index contributed by atoms with van der Waals surface area (Å²) in [7, 11) is 1.90. The first-order chi connectivity index (χ1) is 19.1. The number of carbonyl (C=O) groups excluding carboxylic acids is 2. The van der Waals surface area contributed by atoms with E-state index >= 15 is 0 Å². The number of thiazole rings is 1. The van der Waals surface area contributed by atoms with Crippen molar-refractivity contribution in [1.82, 2.24) is 9.88 Å². The number of anilines is 1. The number of fused-ring (bicyclic) bond motifs is 1. The van der Waals surface area contributed by atoms with E-state index in [1.54, 1.807) is 5.38 Å². The molecule has 14 heteroatoms. The van der Waals surface area contributed by atoms with E-state index in [9.17, 15) is 27.2 Å². The number of amides is 1. The zero-order valence-corrected chi connectivity index (χ0v) is 23.1. The van der Waals surface area contributed by atoms with Crippen molar-refractivity contribution in [2.45, 2.75) is 38.8 Å². The van der Waals surface area contributed by atoms with Gasteiger partial charge in [-0.15, -0.1) is 22.7 Å². The summed E-state index contributed by atoms with van der Waals surface area (Å²) in [5, 5.41) is 7.63. The number of aromatic nitrogens is 1. The summed E-state index contributed by atoms with van der Waals surface area (Å²) in [6, 6.07) is 2.57. The lowest BCUT2D eigenvalue weighted by Crippen LogP contribution is -2.33. The van der Waals surface area contributed by atoms with E-state index in [4.69, 9.17) is 9.47 Å². The number of carbonyl (C=O) groups is 2. The highest BCUT2D eigenvalue weighted by molar-refractivity contribution is 7.14. The molecule has 0 spiro atoms. The second kappa shape index (κ2) is 11.8. The number of hydrogen-bond donors (Lipinski definition) is 1. The van der Waals surface area contributed by atoms with Crippen LogP contribution in [0.3, 0.4) is 0 Å². The minimum Gasteiger partial charge on any atom is -0.444 e. The molecule has 0 unspecified atom stereocenters. The summed E-state index contributed by atoms with van der Waals surface area (Å²) in [5.41, 5.74) is 0.735. The van der Waals surface area contributed by atoms with Gasteiger partial charge in [0.2, 0.25) is 0 Å². The molecule has 2 aromatic heterocycles. The number of nitrogens with one attached hydrogen (secondary N) is 1. The highest BCUT2D eigenvalue weighted by Crippen LogP contribution is 2.35. The molecule has 0 atom stereocenters. The van der Waals surface area contributed by atoms with Gasteiger partial charge in [0.05, 0.1) is 35.2 Å². The fourth-order valence-corrected chi connectivity index (χ4v) is 6.62. The van der Waals surface area contributed by atoms with E-state index in [0.29, 0.717) is 45.3 Å². The monoisotopic (exact) mass is 598 g/mol. The van der Waals surface area contributed by atoms with E-state index < -0.39 is 29.4 Å². The number of esters is 1. The fourth-order valence-electron chi connectivity index (χ4n) is 4.66. The molecule has 0 saturated carbocycles. The lowest BCUT2D eigenvalue weighted by atomic mass is 9.99. The Morgan fingerprint density at radius 2 is 1.98 bits per heavy atom. The standard InChI is InChI=1S/C26H26F4N4O4S2/c1-33-13-37-10-18-17(11-39-23(18)33)9-22(35)32-25-34(14-38-24(36)15-4-6-31-7-5-15)21(12-40-25)16-2-3-19(20(27)8-16)26(28,29)30/h2-3,8,11-12,15,31H,4-7,9-10,13-14H2,1H3. The minimum atomic E-state index is -4.84. The molecule has 5 rings (SSSR count). The summed E-state index contributed by atoms with van der Waals surface area (Å²) in [6.07, 6.45) is -3.60. The molecule has 0 bridgehead atoms. The van der Waals surface area contributed by atoms with E-state index in [1.165, 1.54) is 15.9 Å². The number of thiophene rings is 1. The Kier molecular flexibility index (Phi) is 8.40. The van der Waals surface area contributed by atoms with Crippen molar-refractivity contribution in [3.05, 3.63) is 56.3 Å². The molecule has 1 aromatic carbocycles. The first-order valence-corrected chi connectivity index (χ1v) is 14.3. The zero-order chi connectivity index (χ0) is 28.4. The third kappa shape index (κ3) is 6.14. The number of piperidine rings is 1. The average molecular weight is 599 g/mol. The largest absolute Gasteiger partial charge is 0.444 e. The van der Waals surface area contributed by atoms with Crippen LogP contribution in [-0.2, 0) is 45.0 Å². The normalized spacial score (nSPS) is 16.7. The number of halogens is 4. The van der Waals surface area contributed by atoms with Gasteiger partial charge in [-0.1, -0.05) is 6.07 Å². The van der Waals surface area contributed by atoms with Crippen LogP contribution in [0.4, 0.5) is 22.6 Å². The summed E-state index contributed by atoms with van der Waals surface area (Å²) < 4.78 is 66.3. The van der Waals surface area contributed by atoms with Gasteiger partial charge in [-0.05, 0) is 49.0 Å². The molecule has 214 valence electrons. The number of hydrogen-bond acceptors (Lipinski definition) is 8. The summed E-state index contributed by atoms with van der Waals surface area (Å²) >= 11 is 2.56. The molecule has 2 aliphatic rings. The third-order valence-corrected chi connectivity index (χ3v) is 8.82. The predicted molar refractivity (Wildman–Crippen MR) is 141 cm³/mol. The second-order valence-corrected chi connectivity index (χ2v) is 11.2. The zero-order valence-electron chi connectivity index (χ0n) is 21.4. The fraction of sp³-hybridized carbons (Fsp3) is 0.423. The first-order valence-electron chi connectivity index (χ1n) is 12.5. The number of benzene rings is 1. The summed E-state index contributed by atoms with van der Waals surface area (Å²) in [5.74, 6) is -2.60. The van der Waals surface area contributed by atoms with Crippen LogP contribution in [-0.4, -0.2) is 43.3 Å². The van der Waals surface area contributed by atoms with Crippen molar-refractivity contribution in [2.24, 2.45) is 10.9 Å². The quantitative estimate of drug-likeness (QED) is 0.332. The Bertz CT molecular complexity index is 1470. The molecule has 0 radical (unpaired) electrons. The van der Waals surface area contributed by atoms with Crippen LogP contribution in [0.5, 0.6) is 0 Å². The molecule has 1 N–H and O–H groups in total. The van der Waals surface area contributed by atoms with Gasteiger partial charge >= 0.3 is 12.1 Å². The van der Waals surface area contributed by atoms with Crippen LogP contribution < -0.4 is 15.0 Å². The summed E-state index contributed by atoms with van der Waals surface area (Å²) in [6.45, 7) is 1.89. The van der Waals surface area contributed by atoms with Gasteiger partial charge in [-0.2, -0.15) is 18.2 Å². The molecule has 3 aromatic rings. The molecule has 8 nitrogen and oxygen atoms in total. The molecule has 0 aliphatic carbocycles. The van der Waals surface area contributed by atoms with E-state index in [-0.39, 0.29) is 35.1 Å². The maximum absolute atomic E-state index is 14.4. The van der Waals surface area contributed by atoms with Gasteiger partial charge in [0, 0.05) is 23.6 Å². The van der Waals surface area contributed by atoms with Gasteiger partial charge in [0.25, 0.3) is 5.91 Å². The van der Waals surface area contributed by atoms with Crippen LogP contribution >= 0.6 is 22.7 Å². The van der Waals surface area contributed by atoms with Crippen molar-refractivity contribution in [3.8, 4) is 11.3 Å². The van der Waals surface area contributed by atoms with E-state index in [0.717, 1.165) is 39.6 Å². The molecule has 2 aliphatic heterocycles. The number of rotatable bonds is 6. The van der Waals surface area contributed by atoms with Crippen LogP contribution in [0.15, 0.2) is 34.0 Å². The molecule has 40 heavy (non-hydrogen) atoms. The van der Waals surface area contributed by atoms with Crippen molar-refractivity contribution < 1.29 is 36.6 Å². The predicted octanol–water partition coefficient (Wildman–Crippen LogP) is 4.53. The molecule has 1 amide bonds. The highest BCUT2D eigenvalue weighted by Gasteiger charge is 2.34. The summed E-state index contributed by atoms with van der Waals surface area (Å²) in [4.78, 5) is 32.1. The smallest absolute Gasteiger partial charge is 0.419 e.